The summed E-state index contributed by atoms with van der Waals surface area (Å²) in [4.78, 5) is 17.1. The number of nitrogens with zero attached hydrogens (tertiary/aromatic N) is 4. The molecule has 8 nitrogen and oxygen atoms in total. The van der Waals surface area contributed by atoms with Crippen molar-refractivity contribution in [2.45, 2.75) is 26.2 Å². The van der Waals surface area contributed by atoms with Crippen molar-refractivity contribution in [2.75, 3.05) is 13.2 Å². The normalized spacial score (nSPS) is 10.8. The molecule has 0 fully saturated rings. The Kier molecular flexibility index (Phi) is 7.83. The summed E-state index contributed by atoms with van der Waals surface area (Å²) >= 11 is 6.10. The lowest BCUT2D eigenvalue weighted by atomic mass is 10.0. The SMILES string of the molecule is CCCCOc1ccc(Cl)cc1C(=O)NCCc1ccc(-c2ccc(-c3nnn[nH]3)nc2)cc1. The molecular weight excluding hydrogens is 452 g/mol. The highest BCUT2D eigenvalue weighted by Crippen LogP contribution is 2.24. The number of halogens is 1. The summed E-state index contributed by atoms with van der Waals surface area (Å²) in [6.07, 6.45) is 4.45. The Hall–Kier alpha value is -3.78. The third-order valence-corrected chi connectivity index (χ3v) is 5.51. The number of benzene rings is 2. The molecule has 34 heavy (non-hydrogen) atoms. The van der Waals surface area contributed by atoms with E-state index < -0.39 is 0 Å². The highest BCUT2D eigenvalue weighted by molar-refractivity contribution is 6.31. The molecule has 0 aliphatic rings. The van der Waals surface area contributed by atoms with Gasteiger partial charge in [0, 0.05) is 23.3 Å². The predicted octanol–water partition coefficient (Wildman–Crippen LogP) is 4.73. The van der Waals surface area contributed by atoms with E-state index in [1.807, 2.05) is 24.3 Å². The molecule has 0 radical (unpaired) electrons. The van der Waals surface area contributed by atoms with Crippen LogP contribution < -0.4 is 10.1 Å². The lowest BCUT2D eigenvalue weighted by molar-refractivity contribution is 0.0950. The molecule has 1 amide bonds. The Morgan fingerprint density at radius 3 is 2.62 bits per heavy atom. The Morgan fingerprint density at radius 1 is 1.09 bits per heavy atom. The Balaban J connectivity index is 1.32. The molecule has 174 valence electrons. The van der Waals surface area contributed by atoms with Crippen LogP contribution >= 0.6 is 11.6 Å². The van der Waals surface area contributed by atoms with Gasteiger partial charge in [-0.1, -0.05) is 55.3 Å². The number of amides is 1. The molecule has 0 aliphatic heterocycles. The molecule has 2 heterocycles. The number of nitrogens with one attached hydrogen (secondary N) is 2. The van der Waals surface area contributed by atoms with E-state index in [1.165, 1.54) is 0 Å². The van der Waals surface area contributed by atoms with Crippen molar-refractivity contribution in [1.82, 2.24) is 30.9 Å². The molecule has 2 aromatic carbocycles. The topological polar surface area (TPSA) is 106 Å². The molecule has 2 aromatic heterocycles. The maximum Gasteiger partial charge on any atom is 0.255 e. The van der Waals surface area contributed by atoms with Crippen LogP contribution in [0.3, 0.4) is 0 Å². The maximum absolute atomic E-state index is 12.7. The van der Waals surface area contributed by atoms with Crippen molar-refractivity contribution >= 4 is 17.5 Å². The van der Waals surface area contributed by atoms with Crippen LogP contribution in [0.1, 0.15) is 35.7 Å². The first-order valence-electron chi connectivity index (χ1n) is 11.1. The Labute approximate surface area is 202 Å². The number of rotatable bonds is 10. The molecule has 0 aliphatic carbocycles. The van der Waals surface area contributed by atoms with Gasteiger partial charge in [0.05, 0.1) is 12.2 Å². The van der Waals surface area contributed by atoms with Gasteiger partial charge in [0.25, 0.3) is 5.91 Å². The van der Waals surface area contributed by atoms with Crippen LogP contribution in [-0.2, 0) is 6.42 Å². The van der Waals surface area contributed by atoms with Crippen molar-refractivity contribution in [3.05, 3.63) is 76.9 Å². The minimum Gasteiger partial charge on any atom is -0.493 e. The quantitative estimate of drug-likeness (QED) is 0.320. The van der Waals surface area contributed by atoms with Crippen LogP contribution in [0.5, 0.6) is 5.75 Å². The van der Waals surface area contributed by atoms with Crippen LogP contribution in [0.25, 0.3) is 22.6 Å². The van der Waals surface area contributed by atoms with Gasteiger partial charge in [-0.05, 0) is 58.7 Å². The molecule has 0 saturated carbocycles. The van der Waals surface area contributed by atoms with Gasteiger partial charge in [0.15, 0.2) is 5.82 Å². The van der Waals surface area contributed by atoms with E-state index in [2.05, 4.69) is 50.0 Å². The first-order chi connectivity index (χ1) is 16.6. The number of H-pyrrole nitrogens is 1. The third kappa shape index (κ3) is 5.96. The van der Waals surface area contributed by atoms with Gasteiger partial charge in [-0.2, -0.15) is 0 Å². The summed E-state index contributed by atoms with van der Waals surface area (Å²) in [5, 5.41) is 17.2. The fourth-order valence-electron chi connectivity index (χ4n) is 3.38. The van der Waals surface area contributed by atoms with Gasteiger partial charge in [-0.25, -0.2) is 5.10 Å². The van der Waals surface area contributed by atoms with Crippen LogP contribution in [0.2, 0.25) is 5.02 Å². The molecule has 0 spiro atoms. The van der Waals surface area contributed by atoms with E-state index in [4.69, 9.17) is 16.3 Å². The molecule has 0 atom stereocenters. The van der Waals surface area contributed by atoms with Gasteiger partial charge in [0.2, 0.25) is 0 Å². The second-order valence-electron chi connectivity index (χ2n) is 7.73. The number of hydrogen-bond acceptors (Lipinski definition) is 6. The second kappa shape index (κ2) is 11.4. The van der Waals surface area contributed by atoms with Crippen LogP contribution in [0.15, 0.2) is 60.8 Å². The summed E-state index contributed by atoms with van der Waals surface area (Å²) < 4.78 is 5.77. The number of ether oxygens (including phenoxy) is 1. The predicted molar refractivity (Wildman–Crippen MR) is 131 cm³/mol. The van der Waals surface area contributed by atoms with Crippen molar-refractivity contribution in [3.63, 3.8) is 0 Å². The summed E-state index contributed by atoms with van der Waals surface area (Å²) in [5.41, 5.74) is 4.30. The molecule has 9 heteroatoms. The monoisotopic (exact) mass is 476 g/mol. The highest BCUT2D eigenvalue weighted by atomic mass is 35.5. The Morgan fingerprint density at radius 2 is 1.91 bits per heavy atom. The van der Waals surface area contributed by atoms with E-state index in [-0.39, 0.29) is 5.91 Å². The van der Waals surface area contributed by atoms with Gasteiger partial charge in [-0.15, -0.1) is 5.10 Å². The average molecular weight is 477 g/mol. The fourth-order valence-corrected chi connectivity index (χ4v) is 3.56. The maximum atomic E-state index is 12.7. The lowest BCUT2D eigenvalue weighted by Crippen LogP contribution is -2.26. The number of tetrazole rings is 1. The zero-order chi connectivity index (χ0) is 23.8. The smallest absolute Gasteiger partial charge is 0.255 e. The highest BCUT2D eigenvalue weighted by Gasteiger charge is 2.13. The molecule has 4 rings (SSSR count). The summed E-state index contributed by atoms with van der Waals surface area (Å²) in [6, 6.07) is 17.2. The zero-order valence-corrected chi connectivity index (χ0v) is 19.5. The van der Waals surface area contributed by atoms with Gasteiger partial charge >= 0.3 is 0 Å². The minimum atomic E-state index is -0.196. The average Bonchev–Trinajstić information content (AvgIpc) is 3.41. The standard InChI is InChI=1S/C25H25ClN6O2/c1-2-3-14-34-23-11-9-20(26)15-21(23)25(33)27-13-12-17-4-6-18(7-5-17)19-8-10-22(28-16-19)24-29-31-32-30-24/h4-11,15-16H,2-3,12-14H2,1H3,(H,27,33)(H,29,30,31,32). The molecule has 4 aromatic rings. The van der Waals surface area contributed by atoms with Crippen molar-refractivity contribution < 1.29 is 9.53 Å². The number of hydrogen-bond donors (Lipinski definition) is 2. The van der Waals surface area contributed by atoms with Crippen LogP contribution in [0.4, 0.5) is 0 Å². The largest absolute Gasteiger partial charge is 0.493 e. The number of unbranched alkanes of at least 4 members (excludes halogenated alkanes) is 1. The van der Waals surface area contributed by atoms with E-state index in [1.54, 1.807) is 24.4 Å². The van der Waals surface area contributed by atoms with E-state index in [0.717, 1.165) is 29.5 Å². The van der Waals surface area contributed by atoms with Crippen LogP contribution in [0, 0.1) is 0 Å². The number of carbonyl (C=O) groups is 1. The summed E-state index contributed by atoms with van der Waals surface area (Å²) in [5.74, 6) is 0.888. The molecule has 0 saturated heterocycles. The third-order valence-electron chi connectivity index (χ3n) is 5.28. The number of pyridine rings is 1. The van der Waals surface area contributed by atoms with E-state index in [0.29, 0.717) is 47.4 Å². The van der Waals surface area contributed by atoms with E-state index in [9.17, 15) is 4.79 Å². The van der Waals surface area contributed by atoms with Gasteiger partial charge in [-0.3, -0.25) is 9.78 Å². The summed E-state index contributed by atoms with van der Waals surface area (Å²) in [6.45, 7) is 3.16. The van der Waals surface area contributed by atoms with Crippen molar-refractivity contribution in [3.8, 4) is 28.4 Å². The number of aromatic nitrogens is 5. The van der Waals surface area contributed by atoms with Gasteiger partial charge < -0.3 is 10.1 Å². The Bertz CT molecular complexity index is 1210. The minimum absolute atomic E-state index is 0.196. The van der Waals surface area contributed by atoms with Crippen LogP contribution in [-0.4, -0.2) is 44.7 Å². The fraction of sp³-hybridized carbons (Fsp3) is 0.240. The molecular formula is C25H25ClN6O2. The number of carbonyl (C=O) groups excluding carboxylic acids is 1. The second-order valence-corrected chi connectivity index (χ2v) is 8.16. The number of aromatic amines is 1. The zero-order valence-electron chi connectivity index (χ0n) is 18.8. The molecule has 0 bridgehead atoms. The first-order valence-corrected chi connectivity index (χ1v) is 11.5. The van der Waals surface area contributed by atoms with E-state index >= 15 is 0 Å². The molecule has 0 unspecified atom stereocenters. The lowest BCUT2D eigenvalue weighted by Gasteiger charge is -2.12. The summed E-state index contributed by atoms with van der Waals surface area (Å²) in [7, 11) is 0. The van der Waals surface area contributed by atoms with Gasteiger partial charge in [0.1, 0.15) is 11.4 Å². The van der Waals surface area contributed by atoms with Crippen molar-refractivity contribution in [1.29, 1.82) is 0 Å². The molecule has 2 N–H and O–H groups in total. The van der Waals surface area contributed by atoms with Crippen molar-refractivity contribution in [2.24, 2.45) is 0 Å². The first kappa shape index (κ1) is 23.4.